The minimum absolute atomic E-state index is 0.0473. The maximum Gasteiger partial charge on any atom is 0.343 e. The predicted molar refractivity (Wildman–Crippen MR) is 151 cm³/mol. The molecule has 3 aromatic carbocycles. The molecule has 11 nitrogen and oxygen atoms in total. The third-order valence-corrected chi connectivity index (χ3v) is 8.81. The van der Waals surface area contributed by atoms with E-state index in [4.69, 9.17) is 16.3 Å². The number of hydrogen-bond acceptors (Lipinski definition) is 8. The topological polar surface area (TPSA) is 144 Å². The maximum atomic E-state index is 13.7. The number of fused-ring (bicyclic) bond motifs is 5. The van der Waals surface area contributed by atoms with Gasteiger partial charge in [0.15, 0.2) is 5.78 Å². The number of esters is 1. The van der Waals surface area contributed by atoms with Crippen LogP contribution in [-0.4, -0.2) is 51.0 Å². The lowest BCUT2D eigenvalue weighted by molar-refractivity contribution is -0.384. The third-order valence-electron chi connectivity index (χ3n) is 8.48. The summed E-state index contributed by atoms with van der Waals surface area (Å²) in [5.74, 6) is -3.70. The summed E-state index contributed by atoms with van der Waals surface area (Å²) in [6, 6.07) is 16.6. The Morgan fingerprint density at radius 3 is 2.05 bits per heavy atom. The molecule has 0 spiro atoms. The number of halogens is 1. The van der Waals surface area contributed by atoms with E-state index < -0.39 is 52.8 Å². The molecule has 1 aliphatic heterocycles. The van der Waals surface area contributed by atoms with E-state index in [2.05, 4.69) is 0 Å². The van der Waals surface area contributed by atoms with Crippen LogP contribution in [0.1, 0.15) is 50.3 Å². The molecule has 0 unspecified atom stereocenters. The molecule has 0 aromatic heterocycles. The lowest BCUT2D eigenvalue weighted by atomic mass is 9.81. The van der Waals surface area contributed by atoms with Crippen molar-refractivity contribution in [2.45, 2.75) is 19.3 Å². The van der Waals surface area contributed by atoms with Crippen LogP contribution < -0.4 is 4.74 Å². The van der Waals surface area contributed by atoms with Crippen LogP contribution in [0.25, 0.3) is 0 Å². The summed E-state index contributed by atoms with van der Waals surface area (Å²) in [5.41, 5.74) is 0.115. The summed E-state index contributed by atoms with van der Waals surface area (Å²) in [5, 5.41) is 12.7. The molecule has 2 aliphatic carbocycles. The van der Waals surface area contributed by atoms with Gasteiger partial charge in [0.2, 0.25) is 0 Å². The van der Waals surface area contributed by atoms with Crippen LogP contribution in [0.4, 0.5) is 5.69 Å². The molecule has 43 heavy (non-hydrogen) atoms. The fourth-order valence-corrected chi connectivity index (χ4v) is 6.68. The molecule has 0 radical (unpaired) electrons. The number of rotatable bonds is 8. The minimum atomic E-state index is -0.754. The molecule has 1 saturated heterocycles. The average Bonchev–Trinajstić information content (AvgIpc) is 3.70. The number of nitro groups is 1. The number of carbonyl (C=O) groups excluding carboxylic acids is 5. The van der Waals surface area contributed by atoms with E-state index in [0.717, 1.165) is 29.3 Å². The van der Waals surface area contributed by atoms with Crippen molar-refractivity contribution < 1.29 is 33.6 Å². The molecule has 218 valence electrons. The van der Waals surface area contributed by atoms with Gasteiger partial charge in [-0.05, 0) is 79.6 Å². The first-order valence-corrected chi connectivity index (χ1v) is 14.1. The van der Waals surface area contributed by atoms with Crippen LogP contribution in [0, 0.1) is 33.8 Å². The van der Waals surface area contributed by atoms with E-state index in [1.165, 1.54) is 60.7 Å². The molecule has 1 heterocycles. The van der Waals surface area contributed by atoms with E-state index in [0.29, 0.717) is 0 Å². The second kappa shape index (κ2) is 11.1. The second-order valence-corrected chi connectivity index (χ2v) is 11.3. The number of hydrogen-bond donors (Lipinski definition) is 0. The molecule has 6 rings (SSSR count). The fraction of sp³-hybridized carbons (Fsp3) is 0.258. The first-order chi connectivity index (χ1) is 20.6. The van der Waals surface area contributed by atoms with Crippen molar-refractivity contribution in [1.82, 2.24) is 10.0 Å². The Labute approximate surface area is 250 Å². The van der Waals surface area contributed by atoms with Crippen molar-refractivity contribution in [2.24, 2.45) is 23.7 Å². The number of imide groups is 1. The zero-order chi connectivity index (χ0) is 30.4. The Kier molecular flexibility index (Phi) is 7.26. The lowest BCUT2D eigenvalue weighted by Crippen LogP contribution is -2.52. The summed E-state index contributed by atoms with van der Waals surface area (Å²) in [6.07, 6.45) is 2.54. The number of ketones is 1. The zero-order valence-electron chi connectivity index (χ0n) is 22.6. The Balaban J connectivity index is 1.22. The van der Waals surface area contributed by atoms with Crippen molar-refractivity contribution in [3.05, 3.63) is 105 Å². The van der Waals surface area contributed by atoms with Crippen LogP contribution in [-0.2, 0) is 9.59 Å². The highest BCUT2D eigenvalue weighted by molar-refractivity contribution is 6.34. The van der Waals surface area contributed by atoms with E-state index in [-0.39, 0.29) is 45.0 Å². The Hall–Kier alpha value is -4.90. The second-order valence-electron chi connectivity index (χ2n) is 10.9. The fourth-order valence-electron chi connectivity index (χ4n) is 6.46. The molecule has 12 heteroatoms. The summed E-state index contributed by atoms with van der Waals surface area (Å²) >= 11 is 6.28. The number of nitro benzene ring substituents is 1. The van der Waals surface area contributed by atoms with E-state index in [9.17, 15) is 34.1 Å². The summed E-state index contributed by atoms with van der Waals surface area (Å²) < 4.78 is 5.31. The van der Waals surface area contributed by atoms with Gasteiger partial charge in [0.25, 0.3) is 23.4 Å². The van der Waals surface area contributed by atoms with E-state index in [1.54, 1.807) is 12.1 Å². The van der Waals surface area contributed by atoms with Gasteiger partial charge in [-0.3, -0.25) is 29.3 Å². The van der Waals surface area contributed by atoms with Gasteiger partial charge >= 0.3 is 5.97 Å². The molecule has 4 atom stereocenters. The van der Waals surface area contributed by atoms with Crippen molar-refractivity contribution >= 4 is 46.8 Å². The number of amides is 3. The highest BCUT2D eigenvalue weighted by Gasteiger charge is 2.62. The molecule has 3 aliphatic rings. The van der Waals surface area contributed by atoms with Gasteiger partial charge < -0.3 is 4.74 Å². The van der Waals surface area contributed by atoms with Gasteiger partial charge in [-0.2, -0.15) is 5.01 Å². The number of ether oxygens (including phenoxy) is 1. The summed E-state index contributed by atoms with van der Waals surface area (Å²) in [6.45, 7) is -0.599. The number of nitrogens with zero attached hydrogens (tertiary/aromatic N) is 3. The van der Waals surface area contributed by atoms with Crippen molar-refractivity contribution in [2.75, 3.05) is 6.54 Å². The molecule has 3 amide bonds. The van der Waals surface area contributed by atoms with Crippen LogP contribution in [0.2, 0.25) is 5.02 Å². The first kappa shape index (κ1) is 28.2. The Bertz CT molecular complexity index is 1640. The molecular weight excluding hydrogens is 578 g/mol. The van der Waals surface area contributed by atoms with Crippen LogP contribution in [0.15, 0.2) is 72.8 Å². The van der Waals surface area contributed by atoms with Crippen molar-refractivity contribution in [1.29, 1.82) is 0 Å². The van der Waals surface area contributed by atoms with Crippen molar-refractivity contribution in [3.8, 4) is 5.75 Å². The highest BCUT2D eigenvalue weighted by atomic mass is 35.5. The van der Waals surface area contributed by atoms with Gasteiger partial charge in [0.05, 0.1) is 32.9 Å². The molecule has 2 bridgehead atoms. The van der Waals surface area contributed by atoms with Gasteiger partial charge in [0.1, 0.15) is 12.3 Å². The number of benzene rings is 3. The molecule has 3 aromatic rings. The Morgan fingerprint density at radius 2 is 1.47 bits per heavy atom. The van der Waals surface area contributed by atoms with Crippen LogP contribution in [0.3, 0.4) is 0 Å². The normalized spacial score (nSPS) is 21.9. The van der Waals surface area contributed by atoms with E-state index in [1.807, 2.05) is 0 Å². The van der Waals surface area contributed by atoms with E-state index >= 15 is 0 Å². The van der Waals surface area contributed by atoms with Gasteiger partial charge in [-0.25, -0.2) is 9.80 Å². The average molecular weight is 602 g/mol. The highest BCUT2D eigenvalue weighted by Crippen LogP contribution is 2.56. The number of Topliss-reactive ketones (excluding diaryl/α,β-unsaturated/α-hetero) is 1. The van der Waals surface area contributed by atoms with Crippen LogP contribution in [0.5, 0.6) is 5.75 Å². The molecule has 2 saturated carbocycles. The minimum Gasteiger partial charge on any atom is -0.423 e. The standard InChI is InChI=1S/C31H24ClN3O8/c32-24-4-2-1-3-23(24)28(37)33(34-29(38)26-19-5-6-20(15-19)27(26)30(34)39)16-25(36)17-9-13-22(14-10-17)43-31(40)18-7-11-21(12-8-18)35(41)42/h1-4,7-14,19-20,26-27H,5-6,15-16H2/t19-,20-,26+,27+/m0/s1. The first-order valence-electron chi connectivity index (χ1n) is 13.7. The van der Waals surface area contributed by atoms with Gasteiger partial charge in [0, 0.05) is 17.7 Å². The lowest BCUT2D eigenvalue weighted by Gasteiger charge is -2.31. The predicted octanol–water partition coefficient (Wildman–Crippen LogP) is 4.74. The Morgan fingerprint density at radius 1 is 0.884 bits per heavy atom. The molecular formula is C31H24ClN3O8. The zero-order valence-corrected chi connectivity index (χ0v) is 23.3. The smallest absolute Gasteiger partial charge is 0.343 e. The van der Waals surface area contributed by atoms with Gasteiger partial charge in [-0.1, -0.05) is 23.7 Å². The van der Waals surface area contributed by atoms with Gasteiger partial charge in [-0.15, -0.1) is 0 Å². The molecule has 0 N–H and O–H groups in total. The monoisotopic (exact) mass is 601 g/mol. The summed E-state index contributed by atoms with van der Waals surface area (Å²) in [7, 11) is 0. The van der Waals surface area contributed by atoms with Crippen molar-refractivity contribution in [3.63, 3.8) is 0 Å². The third kappa shape index (κ3) is 5.05. The molecule has 3 fully saturated rings. The quantitative estimate of drug-likeness (QED) is 0.0899. The largest absolute Gasteiger partial charge is 0.423 e. The maximum absolute atomic E-state index is 13.7. The number of non-ortho nitro benzene ring substituents is 1. The number of carbonyl (C=O) groups is 5. The number of hydrazine groups is 1. The summed E-state index contributed by atoms with van der Waals surface area (Å²) in [4.78, 5) is 77.0. The SMILES string of the molecule is O=C(CN(C(=O)c1ccccc1Cl)N1C(=O)[C@@H]2[C@H]3CC[C@@H](C3)[C@H]2C1=O)c1ccc(OC(=O)c2ccc([N+](=O)[O-])cc2)cc1. The van der Waals surface area contributed by atoms with Crippen LogP contribution >= 0.6 is 11.6 Å².